The van der Waals surface area contributed by atoms with Gasteiger partial charge in [-0.3, -0.25) is 9.36 Å². The van der Waals surface area contributed by atoms with Gasteiger partial charge in [-0.1, -0.05) is 0 Å². The van der Waals surface area contributed by atoms with Crippen LogP contribution in [-0.2, 0) is 4.79 Å². The summed E-state index contributed by atoms with van der Waals surface area (Å²) in [6.45, 7) is 0. The van der Waals surface area contributed by atoms with E-state index in [-0.39, 0.29) is 36.5 Å². The van der Waals surface area contributed by atoms with Crippen LogP contribution in [0, 0.1) is 0 Å². The van der Waals surface area contributed by atoms with E-state index < -0.39 is 5.97 Å². The summed E-state index contributed by atoms with van der Waals surface area (Å²) >= 11 is 0. The molecule has 0 saturated heterocycles. The summed E-state index contributed by atoms with van der Waals surface area (Å²) in [4.78, 5) is 26.5. The van der Waals surface area contributed by atoms with E-state index in [1.54, 1.807) is 18.2 Å². The zero-order valence-corrected chi connectivity index (χ0v) is 12.5. The van der Waals surface area contributed by atoms with Crippen molar-refractivity contribution in [2.24, 2.45) is 0 Å². The molecule has 6 nitrogen and oxygen atoms in total. The van der Waals surface area contributed by atoms with Gasteiger partial charge in [0.05, 0.1) is 18.0 Å². The molecule has 0 saturated carbocycles. The Morgan fingerprint density at radius 2 is 2.26 bits per heavy atom. The Labute approximate surface area is 132 Å². The third-order valence-electron chi connectivity index (χ3n) is 2.37. The summed E-state index contributed by atoms with van der Waals surface area (Å²) in [6, 6.07) is 4.93. The summed E-state index contributed by atoms with van der Waals surface area (Å²) < 4.78 is 6.13. The van der Waals surface area contributed by atoms with E-state index in [2.05, 4.69) is 4.98 Å². The molecule has 0 atom stereocenters. The Bertz CT molecular complexity index is 699. The van der Waals surface area contributed by atoms with Crippen molar-refractivity contribution < 1.29 is 45.6 Å². The second-order valence-corrected chi connectivity index (χ2v) is 3.49. The molecule has 0 unspecified atom stereocenters. The summed E-state index contributed by atoms with van der Waals surface area (Å²) in [6.07, 6.45) is 3.29. The molecule has 0 aliphatic rings. The van der Waals surface area contributed by atoms with E-state index >= 15 is 0 Å². The topological polar surface area (TPSA) is 81.4 Å². The average molecular weight is 270 g/mol. The number of fused-ring (bicyclic) bond motifs is 1. The number of carboxylic acid groups (broad SMARTS) is 1. The van der Waals surface area contributed by atoms with Gasteiger partial charge < -0.3 is 11.3 Å². The number of rotatable bonds is 3. The Balaban J connectivity index is 0.00000180. The molecule has 1 N–H and O–H groups in total. The normalized spacial score (nSPS) is 10.4. The van der Waals surface area contributed by atoms with Crippen LogP contribution in [0.25, 0.3) is 17.1 Å². The van der Waals surface area contributed by atoms with Gasteiger partial charge in [-0.2, -0.15) is 0 Å². The zero-order valence-electron chi connectivity index (χ0n) is 11.5. The van der Waals surface area contributed by atoms with Crippen molar-refractivity contribution in [3.05, 3.63) is 41.0 Å². The van der Waals surface area contributed by atoms with Crippen molar-refractivity contribution in [2.75, 3.05) is 7.11 Å². The summed E-state index contributed by atoms with van der Waals surface area (Å²) in [5, 5.41) is 8.89. The second-order valence-electron chi connectivity index (χ2n) is 3.49. The molecule has 1 aromatic heterocycles. The van der Waals surface area contributed by atoms with E-state index in [1.165, 1.54) is 13.4 Å². The fourth-order valence-electron chi connectivity index (χ4n) is 1.49. The monoisotopic (exact) mass is 270 g/mol. The van der Waals surface area contributed by atoms with E-state index in [4.69, 9.17) is 9.84 Å². The van der Waals surface area contributed by atoms with Crippen LogP contribution in [0.3, 0.4) is 0 Å². The molecule has 2 aromatic rings. The molecular formula is C12H11N2NaO4. The molecule has 7 heteroatoms. The van der Waals surface area contributed by atoms with Gasteiger partial charge in [-0.05, 0) is 18.2 Å². The first-order valence-electron chi connectivity index (χ1n) is 5.08. The van der Waals surface area contributed by atoms with Crippen LogP contribution in [0.2, 0.25) is 0 Å². The first kappa shape index (κ1) is 15.4. The number of carboxylic acids is 1. The minimum Gasteiger partial charge on any atom is -1.00 e. The summed E-state index contributed by atoms with van der Waals surface area (Å²) in [7, 11) is 1.50. The molecule has 94 valence electrons. The molecule has 0 aliphatic carbocycles. The van der Waals surface area contributed by atoms with Gasteiger partial charge >= 0.3 is 35.5 Å². The van der Waals surface area contributed by atoms with Gasteiger partial charge in [0, 0.05) is 12.3 Å². The van der Waals surface area contributed by atoms with E-state index in [0.29, 0.717) is 16.7 Å². The number of nitrogens with zero attached hydrogens (tertiary/aromatic N) is 2. The van der Waals surface area contributed by atoms with Gasteiger partial charge in [0.2, 0.25) is 0 Å². The molecule has 0 bridgehead atoms. The standard InChI is InChI=1S/C12H10N2O4.Na.H/c1-18-8-2-3-10-9(6-8)12(17)14(7-13-10)5-4-11(15)16;;/h2-7H,1H3,(H,15,16);;/q;+1;-1. The predicted molar refractivity (Wildman–Crippen MR) is 66.6 cm³/mol. The second kappa shape index (κ2) is 6.51. The smallest absolute Gasteiger partial charge is 1.00 e. The third kappa shape index (κ3) is 3.44. The van der Waals surface area contributed by atoms with Crippen molar-refractivity contribution in [1.82, 2.24) is 9.55 Å². The number of hydrogen-bond acceptors (Lipinski definition) is 4. The third-order valence-corrected chi connectivity index (χ3v) is 2.37. The first-order valence-corrected chi connectivity index (χ1v) is 5.08. The van der Waals surface area contributed by atoms with E-state index in [0.717, 1.165) is 16.8 Å². The van der Waals surface area contributed by atoms with Crippen LogP contribution >= 0.6 is 0 Å². The van der Waals surface area contributed by atoms with Gasteiger partial charge in [-0.25, -0.2) is 9.78 Å². The molecule has 0 radical (unpaired) electrons. The van der Waals surface area contributed by atoms with Gasteiger partial charge in [0.15, 0.2) is 0 Å². The number of benzene rings is 1. The van der Waals surface area contributed by atoms with Crippen LogP contribution in [-0.4, -0.2) is 27.7 Å². The van der Waals surface area contributed by atoms with Crippen LogP contribution in [0.5, 0.6) is 5.75 Å². The SMILES string of the molecule is COc1ccc2ncn(C=CC(=O)O)c(=O)c2c1.[H-].[Na+]. The van der Waals surface area contributed by atoms with E-state index in [9.17, 15) is 9.59 Å². The Hall–Kier alpha value is -1.63. The van der Waals surface area contributed by atoms with Crippen molar-refractivity contribution in [1.29, 1.82) is 0 Å². The maximum Gasteiger partial charge on any atom is 1.00 e. The maximum atomic E-state index is 12.0. The quantitative estimate of drug-likeness (QED) is 0.519. The molecule has 1 aromatic carbocycles. The van der Waals surface area contributed by atoms with Gasteiger partial charge in [0.25, 0.3) is 5.56 Å². The van der Waals surface area contributed by atoms with Crippen molar-refractivity contribution in [3.63, 3.8) is 0 Å². The number of aromatic nitrogens is 2. The average Bonchev–Trinajstić information content (AvgIpc) is 2.37. The molecule has 1 heterocycles. The van der Waals surface area contributed by atoms with Crippen LogP contribution < -0.4 is 39.9 Å². The minimum atomic E-state index is -1.13. The van der Waals surface area contributed by atoms with Crippen molar-refractivity contribution in [2.45, 2.75) is 0 Å². The van der Waals surface area contributed by atoms with E-state index in [1.807, 2.05) is 0 Å². The van der Waals surface area contributed by atoms with Crippen LogP contribution in [0.1, 0.15) is 1.43 Å². The molecule has 19 heavy (non-hydrogen) atoms. The number of methoxy groups -OCH3 is 1. The fourth-order valence-corrected chi connectivity index (χ4v) is 1.49. The maximum absolute atomic E-state index is 12.0. The number of carbonyl (C=O) groups is 1. The minimum absolute atomic E-state index is 0. The van der Waals surface area contributed by atoms with Crippen molar-refractivity contribution >= 4 is 23.1 Å². The fraction of sp³-hybridized carbons (Fsp3) is 0.0833. The zero-order chi connectivity index (χ0) is 13.1. The Morgan fingerprint density at radius 3 is 2.89 bits per heavy atom. The molecule has 2 rings (SSSR count). The first-order chi connectivity index (χ1) is 8.61. The molecule has 0 spiro atoms. The molecule has 0 amide bonds. The summed E-state index contributed by atoms with van der Waals surface area (Å²) in [5.74, 6) is -0.589. The molecule has 0 fully saturated rings. The number of ether oxygens (including phenoxy) is 1. The number of aliphatic carboxylic acids is 1. The Kier molecular flexibility index (Phi) is 5.29. The van der Waals surface area contributed by atoms with Crippen LogP contribution in [0.15, 0.2) is 35.4 Å². The molecular weight excluding hydrogens is 259 g/mol. The number of hydrogen-bond donors (Lipinski definition) is 1. The van der Waals surface area contributed by atoms with Crippen LogP contribution in [0.4, 0.5) is 0 Å². The summed E-state index contributed by atoms with van der Waals surface area (Å²) in [5.41, 5.74) is 0.178. The predicted octanol–water partition coefficient (Wildman–Crippen LogP) is -1.92. The molecule has 0 aliphatic heterocycles. The Morgan fingerprint density at radius 1 is 1.53 bits per heavy atom. The van der Waals surface area contributed by atoms with Gasteiger partial charge in [-0.15, -0.1) is 0 Å². The van der Waals surface area contributed by atoms with Crippen molar-refractivity contribution in [3.8, 4) is 5.75 Å². The van der Waals surface area contributed by atoms with Gasteiger partial charge in [0.1, 0.15) is 12.1 Å². The largest absolute Gasteiger partial charge is 1.00 e.